The van der Waals surface area contributed by atoms with Crippen LogP contribution in [0.25, 0.3) is 11.4 Å². The topological polar surface area (TPSA) is 81.1 Å². The number of hydrogen-bond acceptors (Lipinski definition) is 5. The Kier molecular flexibility index (Phi) is 5.77. The van der Waals surface area contributed by atoms with Crippen LogP contribution in [0, 0.1) is 0 Å². The number of benzene rings is 3. The summed E-state index contributed by atoms with van der Waals surface area (Å²) in [5.74, 6) is 1.37. The summed E-state index contributed by atoms with van der Waals surface area (Å²) in [6.45, 7) is 1.85. The quantitative estimate of drug-likeness (QED) is 0.399. The lowest BCUT2D eigenvalue weighted by Crippen LogP contribution is -2.31. The second kappa shape index (κ2) is 9.03. The monoisotopic (exact) mass is 471 g/mol. The third-order valence-electron chi connectivity index (χ3n) is 5.68. The summed E-state index contributed by atoms with van der Waals surface area (Å²) < 4.78 is 7.12. The van der Waals surface area contributed by atoms with Gasteiger partial charge in [0.25, 0.3) is 5.91 Å². The Morgan fingerprint density at radius 2 is 1.74 bits per heavy atom. The van der Waals surface area contributed by atoms with E-state index in [0.29, 0.717) is 39.5 Å². The van der Waals surface area contributed by atoms with Crippen LogP contribution in [0.4, 0.5) is 11.6 Å². The minimum Gasteiger partial charge on any atom is -0.495 e. The Bertz CT molecular complexity index is 1400. The smallest absolute Gasteiger partial charge is 0.255 e. The molecule has 0 aliphatic carbocycles. The molecule has 2 heterocycles. The summed E-state index contributed by atoms with van der Waals surface area (Å²) >= 11 is 6.62. The number of carbonyl (C=O) groups excluding carboxylic acids is 1. The fourth-order valence-corrected chi connectivity index (χ4v) is 4.32. The van der Waals surface area contributed by atoms with Crippen molar-refractivity contribution < 1.29 is 9.53 Å². The van der Waals surface area contributed by atoms with Crippen molar-refractivity contribution in [3.63, 3.8) is 0 Å². The molecule has 1 aliphatic heterocycles. The van der Waals surface area contributed by atoms with Crippen LogP contribution in [0.2, 0.25) is 5.02 Å². The first kappa shape index (κ1) is 21.7. The maximum atomic E-state index is 13.7. The van der Waals surface area contributed by atoms with Gasteiger partial charge in [-0.15, -0.1) is 5.10 Å². The zero-order valence-corrected chi connectivity index (χ0v) is 19.4. The minimum atomic E-state index is -0.579. The molecule has 2 N–H and O–H groups in total. The van der Waals surface area contributed by atoms with E-state index in [1.54, 1.807) is 30.0 Å². The van der Waals surface area contributed by atoms with E-state index in [2.05, 4.69) is 10.6 Å². The van der Waals surface area contributed by atoms with E-state index in [1.807, 2.05) is 67.6 Å². The van der Waals surface area contributed by atoms with Gasteiger partial charge in [-0.25, -0.2) is 4.68 Å². The zero-order chi connectivity index (χ0) is 23.7. The van der Waals surface area contributed by atoms with Crippen LogP contribution >= 0.6 is 11.6 Å². The average Bonchev–Trinajstić information content (AvgIpc) is 3.28. The Morgan fingerprint density at radius 3 is 2.50 bits per heavy atom. The molecular formula is C26H22ClN5O2. The number of carbonyl (C=O) groups is 1. The van der Waals surface area contributed by atoms with Crippen LogP contribution in [-0.4, -0.2) is 27.8 Å². The van der Waals surface area contributed by atoms with Crippen molar-refractivity contribution in [2.24, 2.45) is 0 Å². The largest absolute Gasteiger partial charge is 0.495 e. The van der Waals surface area contributed by atoms with Gasteiger partial charge >= 0.3 is 0 Å². The van der Waals surface area contributed by atoms with Gasteiger partial charge < -0.3 is 15.4 Å². The molecular weight excluding hydrogens is 450 g/mol. The van der Waals surface area contributed by atoms with Gasteiger partial charge in [-0.1, -0.05) is 72.3 Å². The van der Waals surface area contributed by atoms with Gasteiger partial charge in [0.1, 0.15) is 11.8 Å². The molecule has 3 aromatic carbocycles. The predicted octanol–water partition coefficient (Wildman–Crippen LogP) is 5.53. The number of anilines is 2. The van der Waals surface area contributed by atoms with E-state index >= 15 is 0 Å². The fourth-order valence-electron chi connectivity index (χ4n) is 4.08. The predicted molar refractivity (Wildman–Crippen MR) is 133 cm³/mol. The van der Waals surface area contributed by atoms with E-state index in [0.717, 1.165) is 11.1 Å². The molecule has 1 unspecified atom stereocenters. The third-order valence-corrected chi connectivity index (χ3v) is 6.03. The Labute approximate surface area is 202 Å². The molecule has 0 radical (unpaired) electrons. The molecule has 0 bridgehead atoms. The molecule has 8 heteroatoms. The Morgan fingerprint density at radius 1 is 1.03 bits per heavy atom. The minimum absolute atomic E-state index is 0.290. The Hall–Kier alpha value is -4.10. The van der Waals surface area contributed by atoms with Gasteiger partial charge in [-0.05, 0) is 25.1 Å². The highest BCUT2D eigenvalue weighted by molar-refractivity contribution is 6.31. The number of nitrogens with one attached hydrogen (secondary N) is 2. The number of methoxy groups -OCH3 is 1. The average molecular weight is 472 g/mol. The van der Waals surface area contributed by atoms with Crippen molar-refractivity contribution >= 4 is 29.1 Å². The highest BCUT2D eigenvalue weighted by Gasteiger charge is 2.35. The molecule has 7 nitrogen and oxygen atoms in total. The van der Waals surface area contributed by atoms with Crippen LogP contribution in [0.3, 0.4) is 0 Å². The summed E-state index contributed by atoms with van der Waals surface area (Å²) in [4.78, 5) is 18.4. The molecule has 0 saturated heterocycles. The Balaban J connectivity index is 1.62. The summed E-state index contributed by atoms with van der Waals surface area (Å²) in [6.07, 6.45) is 0. The number of hydrogen-bond donors (Lipinski definition) is 2. The summed E-state index contributed by atoms with van der Waals surface area (Å²) in [5, 5.41) is 11.5. The van der Waals surface area contributed by atoms with Crippen LogP contribution in [0.15, 0.2) is 90.1 Å². The fraction of sp³-hybridized carbons (Fsp3) is 0.115. The van der Waals surface area contributed by atoms with Crippen molar-refractivity contribution in [2.75, 3.05) is 17.7 Å². The number of allylic oxidation sites excluding steroid dienone is 1. The summed E-state index contributed by atoms with van der Waals surface area (Å²) in [6, 6.07) is 23.8. The lowest BCUT2D eigenvalue weighted by Gasteiger charge is -2.29. The molecule has 0 spiro atoms. The molecule has 0 fully saturated rings. The van der Waals surface area contributed by atoms with Crippen molar-refractivity contribution in [1.29, 1.82) is 0 Å². The highest BCUT2D eigenvalue weighted by Crippen LogP contribution is 2.39. The number of fused-ring (bicyclic) bond motifs is 1. The standard InChI is InChI=1S/C26H22ClN5O2/c1-16-22(25(33)29-20-14-8-9-15-21(20)34-2)23(18-12-6-7-13-19(18)27)32-26(28-16)30-24(31-32)17-10-4-3-5-11-17/h3-15,23H,1-2H3,(H,29,33)(H,28,30,31). The van der Waals surface area contributed by atoms with Crippen molar-refractivity contribution in [3.05, 3.63) is 101 Å². The lowest BCUT2D eigenvalue weighted by molar-refractivity contribution is -0.113. The molecule has 34 heavy (non-hydrogen) atoms. The number of nitrogens with zero attached hydrogens (tertiary/aromatic N) is 3. The van der Waals surface area contributed by atoms with Gasteiger partial charge in [-0.2, -0.15) is 4.98 Å². The van der Waals surface area contributed by atoms with Gasteiger partial charge in [-0.3, -0.25) is 4.79 Å². The SMILES string of the molecule is COc1ccccc1NC(=O)C1=C(C)Nc2nc(-c3ccccc3)nn2C1c1ccccc1Cl. The molecule has 5 rings (SSSR count). The number of para-hydroxylation sites is 2. The highest BCUT2D eigenvalue weighted by atomic mass is 35.5. The molecule has 4 aromatic rings. The number of aromatic nitrogens is 3. The third kappa shape index (κ3) is 3.91. The van der Waals surface area contributed by atoms with Crippen molar-refractivity contribution in [2.45, 2.75) is 13.0 Å². The molecule has 1 aromatic heterocycles. The van der Waals surface area contributed by atoms with Crippen LogP contribution in [-0.2, 0) is 4.79 Å². The first-order valence-electron chi connectivity index (χ1n) is 10.8. The maximum absolute atomic E-state index is 13.7. The van der Waals surface area contributed by atoms with Crippen LogP contribution in [0.1, 0.15) is 18.5 Å². The number of rotatable bonds is 5. The van der Waals surface area contributed by atoms with Crippen LogP contribution < -0.4 is 15.4 Å². The molecule has 0 saturated carbocycles. The zero-order valence-electron chi connectivity index (χ0n) is 18.6. The second-order valence-corrected chi connectivity index (χ2v) is 8.22. The molecule has 1 atom stereocenters. The summed E-state index contributed by atoms with van der Waals surface area (Å²) in [5.41, 5.74) is 3.35. The summed E-state index contributed by atoms with van der Waals surface area (Å²) in [7, 11) is 1.57. The number of ether oxygens (including phenoxy) is 1. The van der Waals surface area contributed by atoms with E-state index in [1.165, 1.54) is 0 Å². The van der Waals surface area contributed by atoms with E-state index < -0.39 is 6.04 Å². The first-order chi connectivity index (χ1) is 16.6. The van der Waals surface area contributed by atoms with E-state index in [-0.39, 0.29) is 5.91 Å². The van der Waals surface area contributed by atoms with Crippen molar-refractivity contribution in [1.82, 2.24) is 14.8 Å². The van der Waals surface area contributed by atoms with E-state index in [4.69, 9.17) is 26.4 Å². The molecule has 1 amide bonds. The van der Waals surface area contributed by atoms with Gasteiger partial charge in [0, 0.05) is 21.8 Å². The second-order valence-electron chi connectivity index (χ2n) is 7.81. The molecule has 170 valence electrons. The normalized spacial score (nSPS) is 14.9. The van der Waals surface area contributed by atoms with E-state index in [9.17, 15) is 4.79 Å². The van der Waals surface area contributed by atoms with Gasteiger partial charge in [0.05, 0.1) is 18.4 Å². The number of halogens is 1. The number of amides is 1. The van der Waals surface area contributed by atoms with Gasteiger partial charge in [0.2, 0.25) is 5.95 Å². The first-order valence-corrected chi connectivity index (χ1v) is 11.1. The van der Waals surface area contributed by atoms with Crippen LogP contribution in [0.5, 0.6) is 5.75 Å². The molecule has 1 aliphatic rings. The van der Waals surface area contributed by atoms with Gasteiger partial charge in [0.15, 0.2) is 5.82 Å². The lowest BCUT2D eigenvalue weighted by atomic mass is 9.95. The maximum Gasteiger partial charge on any atom is 0.255 e. The van der Waals surface area contributed by atoms with Crippen molar-refractivity contribution in [3.8, 4) is 17.1 Å².